The number of nitro groups is 1. The number of carbonyl (C=O) groups excluding carboxylic acids is 1. The van der Waals surface area contributed by atoms with E-state index in [0.717, 1.165) is 0 Å². The molecule has 0 saturated carbocycles. The summed E-state index contributed by atoms with van der Waals surface area (Å²) in [6.45, 7) is 0. The summed E-state index contributed by atoms with van der Waals surface area (Å²) in [5, 5.41) is 10.7. The molecule has 2 aromatic carbocycles. The summed E-state index contributed by atoms with van der Waals surface area (Å²) < 4.78 is 12.8. The lowest BCUT2D eigenvalue weighted by atomic mass is 10.0. The Balaban J connectivity index is 2.50. The lowest BCUT2D eigenvalue weighted by Gasteiger charge is -2.03. The molecule has 18 heavy (non-hydrogen) atoms. The molecule has 0 aliphatic carbocycles. The fraction of sp³-hybridized carbons (Fsp3) is 0. The normalized spacial score (nSPS) is 10.1. The molecule has 0 atom stereocenters. The van der Waals surface area contributed by atoms with Crippen LogP contribution in [0.3, 0.4) is 0 Å². The van der Waals surface area contributed by atoms with Crippen LogP contribution >= 0.6 is 0 Å². The van der Waals surface area contributed by atoms with Gasteiger partial charge < -0.3 is 0 Å². The molecule has 0 aliphatic heterocycles. The zero-order valence-corrected chi connectivity index (χ0v) is 9.17. The minimum absolute atomic E-state index is 0.00169. The maximum absolute atomic E-state index is 12.8. The van der Waals surface area contributed by atoms with Gasteiger partial charge in [-0.3, -0.25) is 14.9 Å². The van der Waals surface area contributed by atoms with Gasteiger partial charge in [-0.05, 0) is 35.4 Å². The molecule has 0 spiro atoms. The molecule has 4 nitrogen and oxygen atoms in total. The standard InChI is InChI=1S/C13H8FNO3/c14-12-4-1-9(2-5-12)10-3-6-13(15(17)18)11(7-10)8-16/h1-8H. The first kappa shape index (κ1) is 11.9. The molecule has 0 radical (unpaired) electrons. The first-order chi connectivity index (χ1) is 8.61. The van der Waals surface area contributed by atoms with Gasteiger partial charge in [0.15, 0.2) is 6.29 Å². The summed E-state index contributed by atoms with van der Waals surface area (Å²) in [4.78, 5) is 20.9. The monoisotopic (exact) mass is 245 g/mol. The van der Waals surface area contributed by atoms with E-state index in [2.05, 4.69) is 0 Å². The molecule has 0 amide bonds. The number of benzene rings is 2. The number of hydrogen-bond acceptors (Lipinski definition) is 3. The number of nitrogens with zero attached hydrogens (tertiary/aromatic N) is 1. The number of halogens is 1. The summed E-state index contributed by atoms with van der Waals surface area (Å²) in [6.07, 6.45) is 0.436. The second-order valence-electron chi connectivity index (χ2n) is 3.66. The van der Waals surface area contributed by atoms with Crippen molar-refractivity contribution in [2.75, 3.05) is 0 Å². The molecule has 0 bridgehead atoms. The van der Waals surface area contributed by atoms with Crippen LogP contribution in [0, 0.1) is 15.9 Å². The highest BCUT2D eigenvalue weighted by Gasteiger charge is 2.13. The minimum Gasteiger partial charge on any atom is -0.298 e. The highest BCUT2D eigenvalue weighted by molar-refractivity contribution is 5.84. The van der Waals surface area contributed by atoms with Crippen molar-refractivity contribution in [3.05, 3.63) is 64.0 Å². The fourth-order valence-corrected chi connectivity index (χ4v) is 1.64. The van der Waals surface area contributed by atoms with Crippen LogP contribution in [0.15, 0.2) is 42.5 Å². The Morgan fingerprint density at radius 1 is 1.06 bits per heavy atom. The van der Waals surface area contributed by atoms with Crippen LogP contribution in [-0.2, 0) is 0 Å². The number of hydrogen-bond donors (Lipinski definition) is 0. The average molecular weight is 245 g/mol. The Bertz CT molecular complexity index is 608. The van der Waals surface area contributed by atoms with Crippen molar-refractivity contribution in [1.29, 1.82) is 0 Å². The molecule has 0 heterocycles. The SMILES string of the molecule is O=Cc1cc(-c2ccc(F)cc2)ccc1[N+](=O)[O-]. The first-order valence-electron chi connectivity index (χ1n) is 5.11. The largest absolute Gasteiger partial charge is 0.298 e. The van der Waals surface area contributed by atoms with Crippen molar-refractivity contribution in [3.8, 4) is 11.1 Å². The van der Waals surface area contributed by atoms with E-state index in [1.54, 1.807) is 12.1 Å². The first-order valence-corrected chi connectivity index (χ1v) is 5.11. The third-order valence-corrected chi connectivity index (χ3v) is 2.53. The van der Waals surface area contributed by atoms with Gasteiger partial charge in [-0.1, -0.05) is 12.1 Å². The third kappa shape index (κ3) is 2.24. The zero-order valence-electron chi connectivity index (χ0n) is 9.17. The molecule has 0 unspecified atom stereocenters. The van der Waals surface area contributed by atoms with E-state index in [9.17, 15) is 19.3 Å². The second-order valence-corrected chi connectivity index (χ2v) is 3.66. The van der Waals surface area contributed by atoms with E-state index >= 15 is 0 Å². The summed E-state index contributed by atoms with van der Waals surface area (Å²) >= 11 is 0. The van der Waals surface area contributed by atoms with Crippen LogP contribution in [0.1, 0.15) is 10.4 Å². The zero-order chi connectivity index (χ0) is 13.1. The van der Waals surface area contributed by atoms with Crippen molar-refractivity contribution in [2.45, 2.75) is 0 Å². The molecule has 0 aromatic heterocycles. The lowest BCUT2D eigenvalue weighted by molar-refractivity contribution is -0.385. The van der Waals surface area contributed by atoms with Gasteiger partial charge in [-0.15, -0.1) is 0 Å². The summed E-state index contributed by atoms with van der Waals surface area (Å²) in [5.74, 6) is -0.365. The number of aldehydes is 1. The Labute approximate surface area is 102 Å². The molecular weight excluding hydrogens is 237 g/mol. The molecule has 0 aliphatic rings. The minimum atomic E-state index is -0.613. The van der Waals surface area contributed by atoms with Gasteiger partial charge in [0.25, 0.3) is 5.69 Å². The van der Waals surface area contributed by atoms with E-state index < -0.39 is 4.92 Å². The quantitative estimate of drug-likeness (QED) is 0.474. The topological polar surface area (TPSA) is 60.2 Å². The predicted octanol–water partition coefficient (Wildman–Crippen LogP) is 3.21. The molecule has 0 saturated heterocycles. The van der Waals surface area contributed by atoms with Crippen LogP contribution in [0.5, 0.6) is 0 Å². The third-order valence-electron chi connectivity index (χ3n) is 2.53. The molecular formula is C13H8FNO3. The van der Waals surface area contributed by atoms with Gasteiger partial charge in [0.2, 0.25) is 0 Å². The fourth-order valence-electron chi connectivity index (χ4n) is 1.64. The Morgan fingerprint density at radius 2 is 1.67 bits per heavy atom. The van der Waals surface area contributed by atoms with Gasteiger partial charge >= 0.3 is 0 Å². The van der Waals surface area contributed by atoms with Crippen molar-refractivity contribution < 1.29 is 14.1 Å². The molecule has 90 valence electrons. The van der Waals surface area contributed by atoms with Crippen LogP contribution in [0.25, 0.3) is 11.1 Å². The summed E-state index contributed by atoms with van der Waals surface area (Å²) in [6, 6.07) is 9.88. The lowest BCUT2D eigenvalue weighted by Crippen LogP contribution is -1.94. The van der Waals surface area contributed by atoms with Crippen molar-refractivity contribution in [1.82, 2.24) is 0 Å². The second kappa shape index (κ2) is 4.75. The highest BCUT2D eigenvalue weighted by Crippen LogP contribution is 2.25. The van der Waals surface area contributed by atoms with Crippen molar-refractivity contribution in [3.63, 3.8) is 0 Å². The van der Waals surface area contributed by atoms with Gasteiger partial charge in [0.1, 0.15) is 5.82 Å². The highest BCUT2D eigenvalue weighted by atomic mass is 19.1. The Hall–Kier alpha value is -2.56. The van der Waals surface area contributed by atoms with Gasteiger partial charge in [0, 0.05) is 6.07 Å². The van der Waals surface area contributed by atoms with Gasteiger partial charge in [-0.25, -0.2) is 4.39 Å². The number of nitro benzene ring substituents is 1. The smallest absolute Gasteiger partial charge is 0.279 e. The van der Waals surface area contributed by atoms with Crippen LogP contribution in [-0.4, -0.2) is 11.2 Å². The molecule has 2 aromatic rings. The van der Waals surface area contributed by atoms with Gasteiger partial charge in [-0.2, -0.15) is 0 Å². The number of rotatable bonds is 3. The maximum Gasteiger partial charge on any atom is 0.279 e. The van der Waals surface area contributed by atoms with E-state index in [-0.39, 0.29) is 17.1 Å². The van der Waals surface area contributed by atoms with Crippen LogP contribution < -0.4 is 0 Å². The predicted molar refractivity (Wildman–Crippen MR) is 63.9 cm³/mol. The number of carbonyl (C=O) groups is 1. The molecule has 0 fully saturated rings. The summed E-state index contributed by atoms with van der Waals surface area (Å²) in [7, 11) is 0. The van der Waals surface area contributed by atoms with Crippen LogP contribution in [0.2, 0.25) is 0 Å². The van der Waals surface area contributed by atoms with Gasteiger partial charge in [0.05, 0.1) is 10.5 Å². The van der Waals surface area contributed by atoms with E-state index in [1.807, 2.05) is 0 Å². The maximum atomic E-state index is 12.8. The van der Waals surface area contributed by atoms with Crippen molar-refractivity contribution >= 4 is 12.0 Å². The van der Waals surface area contributed by atoms with Crippen LogP contribution in [0.4, 0.5) is 10.1 Å². The average Bonchev–Trinajstić information content (AvgIpc) is 2.38. The Kier molecular flexibility index (Phi) is 3.14. The van der Waals surface area contributed by atoms with E-state index in [0.29, 0.717) is 17.4 Å². The summed E-state index contributed by atoms with van der Waals surface area (Å²) in [5.41, 5.74) is 1.08. The van der Waals surface area contributed by atoms with Crippen molar-refractivity contribution in [2.24, 2.45) is 0 Å². The van der Waals surface area contributed by atoms with E-state index in [1.165, 1.54) is 30.3 Å². The Morgan fingerprint density at radius 3 is 2.22 bits per heavy atom. The molecule has 5 heteroatoms. The van der Waals surface area contributed by atoms with E-state index in [4.69, 9.17) is 0 Å². The molecule has 0 N–H and O–H groups in total. The molecule has 2 rings (SSSR count).